The highest BCUT2D eigenvalue weighted by molar-refractivity contribution is 7.24. The van der Waals surface area contributed by atoms with E-state index in [2.05, 4.69) is 51.3 Å². The van der Waals surface area contributed by atoms with E-state index >= 15 is 0 Å². The zero-order chi connectivity index (χ0) is 24.9. The molecule has 0 aliphatic rings. The number of thiophene rings is 2. The summed E-state index contributed by atoms with van der Waals surface area (Å²) in [6.45, 7) is 0. The Morgan fingerprint density at radius 2 is 1.28 bits per heavy atom. The molecule has 0 unspecified atom stereocenters. The van der Waals surface area contributed by atoms with Crippen molar-refractivity contribution in [2.75, 3.05) is 4.90 Å². The van der Waals surface area contributed by atoms with Crippen LogP contribution in [0, 0.1) is 11.3 Å². The lowest BCUT2D eigenvalue weighted by Crippen LogP contribution is -2.09. The molecular weight excluding hydrogens is 488 g/mol. The molecule has 1 aromatic carbocycles. The molecule has 0 amide bonds. The van der Waals surface area contributed by atoms with Crippen LogP contribution < -0.4 is 4.90 Å². The van der Waals surface area contributed by atoms with Crippen LogP contribution in [0.5, 0.6) is 0 Å². The molecule has 6 nitrogen and oxygen atoms in total. The van der Waals surface area contributed by atoms with Crippen molar-refractivity contribution in [3.8, 4) is 26.3 Å². The molecule has 5 aromatic rings. The summed E-state index contributed by atoms with van der Waals surface area (Å²) >= 11 is 3.13. The third-order valence-corrected chi connectivity index (χ3v) is 7.73. The highest BCUT2D eigenvalue weighted by Gasteiger charge is 2.14. The van der Waals surface area contributed by atoms with Crippen molar-refractivity contribution in [2.45, 2.75) is 0 Å². The van der Waals surface area contributed by atoms with Crippen LogP contribution in [0.15, 0.2) is 103 Å². The highest BCUT2D eigenvalue weighted by atomic mass is 32.1. The SMILES string of the molecule is N#C/C(=C\c1ccc(-c2ccc(-c3ccc(N(c4ccncc4)c4ccncc4)cc3)s2)s1)C(=O)O. The van der Waals surface area contributed by atoms with Gasteiger partial charge < -0.3 is 10.0 Å². The maximum absolute atomic E-state index is 11.1. The lowest BCUT2D eigenvalue weighted by molar-refractivity contribution is -0.132. The fourth-order valence-corrected chi connectivity index (χ4v) is 5.73. The number of carbonyl (C=O) groups is 1. The van der Waals surface area contributed by atoms with Gasteiger partial charge in [0.05, 0.1) is 0 Å². The number of carboxylic acid groups (broad SMARTS) is 1. The van der Waals surface area contributed by atoms with Crippen molar-refractivity contribution < 1.29 is 9.90 Å². The highest BCUT2D eigenvalue weighted by Crippen LogP contribution is 2.40. The minimum Gasteiger partial charge on any atom is -0.477 e. The average molecular weight is 507 g/mol. The maximum atomic E-state index is 11.1. The third kappa shape index (κ3) is 4.93. The summed E-state index contributed by atoms with van der Waals surface area (Å²) in [5.74, 6) is -1.22. The molecule has 4 heterocycles. The quantitative estimate of drug-likeness (QED) is 0.183. The second kappa shape index (κ2) is 10.4. The lowest BCUT2D eigenvalue weighted by atomic mass is 10.1. The van der Waals surface area contributed by atoms with Crippen LogP contribution in [0.3, 0.4) is 0 Å². The van der Waals surface area contributed by atoms with E-state index in [0.717, 1.165) is 42.1 Å². The first kappa shape index (κ1) is 23.2. The van der Waals surface area contributed by atoms with E-state index < -0.39 is 5.97 Å². The summed E-state index contributed by atoms with van der Waals surface area (Å²) in [5, 5.41) is 18.1. The number of nitriles is 1. The molecule has 1 N–H and O–H groups in total. The van der Waals surface area contributed by atoms with E-state index in [-0.39, 0.29) is 5.57 Å². The van der Waals surface area contributed by atoms with E-state index in [4.69, 9.17) is 10.4 Å². The predicted molar refractivity (Wildman–Crippen MR) is 145 cm³/mol. The van der Waals surface area contributed by atoms with Crippen LogP contribution in [-0.2, 0) is 4.79 Å². The van der Waals surface area contributed by atoms with Gasteiger partial charge in [0, 0.05) is 61.4 Å². The summed E-state index contributed by atoms with van der Waals surface area (Å²) < 4.78 is 0. The Morgan fingerprint density at radius 1 is 0.750 bits per heavy atom. The van der Waals surface area contributed by atoms with Gasteiger partial charge in [-0.05, 0) is 72.3 Å². The molecule has 0 radical (unpaired) electrons. The lowest BCUT2D eigenvalue weighted by Gasteiger charge is -2.25. The Morgan fingerprint density at radius 3 is 1.86 bits per heavy atom. The molecule has 0 saturated carbocycles. The van der Waals surface area contributed by atoms with Crippen molar-refractivity contribution in [3.63, 3.8) is 0 Å². The maximum Gasteiger partial charge on any atom is 0.346 e. The van der Waals surface area contributed by atoms with Gasteiger partial charge >= 0.3 is 5.97 Å². The smallest absolute Gasteiger partial charge is 0.346 e. The van der Waals surface area contributed by atoms with Gasteiger partial charge in [-0.15, -0.1) is 22.7 Å². The predicted octanol–water partition coefficient (Wildman–Crippen LogP) is 7.39. The molecule has 5 rings (SSSR count). The molecule has 0 atom stereocenters. The Kier molecular flexibility index (Phi) is 6.67. The average Bonchev–Trinajstić information content (AvgIpc) is 3.59. The van der Waals surface area contributed by atoms with Gasteiger partial charge in [-0.2, -0.15) is 5.26 Å². The van der Waals surface area contributed by atoms with Gasteiger partial charge in [-0.1, -0.05) is 12.1 Å². The number of pyridine rings is 2. The van der Waals surface area contributed by atoms with Crippen LogP contribution >= 0.6 is 22.7 Å². The molecule has 0 saturated heterocycles. The van der Waals surface area contributed by atoms with Crippen molar-refractivity contribution in [1.82, 2.24) is 9.97 Å². The molecule has 8 heteroatoms. The molecule has 0 spiro atoms. The van der Waals surface area contributed by atoms with Gasteiger partial charge in [0.1, 0.15) is 11.6 Å². The minimum atomic E-state index is -1.22. The Hall–Kier alpha value is -4.58. The first-order valence-corrected chi connectivity index (χ1v) is 12.5. The summed E-state index contributed by atoms with van der Waals surface area (Å²) in [7, 11) is 0. The molecule has 4 aromatic heterocycles. The number of hydrogen-bond donors (Lipinski definition) is 1. The topological polar surface area (TPSA) is 90.1 Å². The number of benzene rings is 1. The van der Waals surface area contributed by atoms with Crippen LogP contribution in [-0.4, -0.2) is 21.0 Å². The Labute approximate surface area is 215 Å². The van der Waals surface area contributed by atoms with Crippen molar-refractivity contribution in [1.29, 1.82) is 5.26 Å². The monoisotopic (exact) mass is 506 g/mol. The van der Waals surface area contributed by atoms with E-state index in [1.54, 1.807) is 42.2 Å². The summed E-state index contributed by atoms with van der Waals surface area (Å²) in [6.07, 6.45) is 8.51. The molecule has 0 aliphatic carbocycles. The number of hydrogen-bond acceptors (Lipinski definition) is 7. The largest absolute Gasteiger partial charge is 0.477 e. The minimum absolute atomic E-state index is 0.275. The first-order chi connectivity index (χ1) is 17.6. The Bertz CT molecular complexity index is 1530. The zero-order valence-electron chi connectivity index (χ0n) is 18.8. The molecule has 0 fully saturated rings. The van der Waals surface area contributed by atoms with Crippen LogP contribution in [0.1, 0.15) is 4.88 Å². The zero-order valence-corrected chi connectivity index (χ0v) is 20.4. The third-order valence-electron chi connectivity index (χ3n) is 5.36. The molecule has 36 heavy (non-hydrogen) atoms. The fraction of sp³-hybridized carbons (Fsp3) is 0. The molecule has 174 valence electrons. The first-order valence-electron chi connectivity index (χ1n) is 10.9. The van der Waals surface area contributed by atoms with Gasteiger partial charge in [-0.3, -0.25) is 9.97 Å². The van der Waals surface area contributed by atoms with Crippen molar-refractivity contribution >= 4 is 51.8 Å². The van der Waals surface area contributed by atoms with Gasteiger partial charge in [-0.25, -0.2) is 4.79 Å². The van der Waals surface area contributed by atoms with E-state index in [9.17, 15) is 4.79 Å². The number of rotatable bonds is 7. The molecule has 0 aliphatic heterocycles. The standard InChI is InChI=1S/C28H18N4O2S2/c29-18-20(28(33)34)17-24-5-6-26(35-24)27-8-7-25(36-27)19-1-3-21(4-2-19)32(22-9-13-30-14-10-22)23-11-15-31-16-12-23/h1-17H,(H,33,34)/b20-17+. The van der Waals surface area contributed by atoms with Crippen LogP contribution in [0.4, 0.5) is 17.1 Å². The fourth-order valence-electron chi connectivity index (χ4n) is 3.68. The number of carboxylic acids is 1. The summed E-state index contributed by atoms with van der Waals surface area (Å²) in [6, 6.07) is 26.0. The summed E-state index contributed by atoms with van der Waals surface area (Å²) in [5.41, 5.74) is 3.87. The second-order valence-electron chi connectivity index (χ2n) is 7.63. The number of nitrogens with zero attached hydrogens (tertiary/aromatic N) is 4. The van der Waals surface area contributed by atoms with Crippen LogP contribution in [0.2, 0.25) is 0 Å². The van der Waals surface area contributed by atoms with E-state index in [1.165, 1.54) is 17.4 Å². The van der Waals surface area contributed by atoms with Crippen molar-refractivity contribution in [2.24, 2.45) is 0 Å². The normalized spacial score (nSPS) is 11.1. The molecule has 0 bridgehead atoms. The van der Waals surface area contributed by atoms with Gasteiger partial charge in [0.15, 0.2) is 0 Å². The van der Waals surface area contributed by atoms with Crippen molar-refractivity contribution in [3.05, 3.63) is 108 Å². The van der Waals surface area contributed by atoms with E-state index in [0.29, 0.717) is 0 Å². The number of aliphatic carboxylic acids is 1. The van der Waals surface area contributed by atoms with Gasteiger partial charge in [0.2, 0.25) is 0 Å². The number of aromatic nitrogens is 2. The number of anilines is 3. The van der Waals surface area contributed by atoms with E-state index in [1.807, 2.05) is 36.4 Å². The molecular formula is C28H18N4O2S2. The van der Waals surface area contributed by atoms with Gasteiger partial charge in [0.25, 0.3) is 0 Å². The summed E-state index contributed by atoms with van der Waals surface area (Å²) in [4.78, 5) is 25.5. The van der Waals surface area contributed by atoms with Crippen LogP contribution in [0.25, 0.3) is 26.3 Å². The Balaban J connectivity index is 1.41. The second-order valence-corrected chi connectivity index (χ2v) is 9.83.